The second-order valence-electron chi connectivity index (χ2n) is 6.48. The van der Waals surface area contributed by atoms with E-state index in [1.54, 1.807) is 0 Å². The van der Waals surface area contributed by atoms with Gasteiger partial charge in [0.2, 0.25) is 0 Å². The lowest BCUT2D eigenvalue weighted by atomic mass is 9.99. The van der Waals surface area contributed by atoms with E-state index in [9.17, 15) is 0 Å². The first-order valence-corrected chi connectivity index (χ1v) is 8.47. The summed E-state index contributed by atoms with van der Waals surface area (Å²) in [5.74, 6) is 1.37. The number of aliphatic imine (C=N–C) groups is 1. The quantitative estimate of drug-likeness (QED) is 0.626. The average Bonchev–Trinajstić information content (AvgIpc) is 2.53. The lowest BCUT2D eigenvalue weighted by Gasteiger charge is -2.34. The zero-order chi connectivity index (χ0) is 15.8. The van der Waals surface area contributed by atoms with Crippen LogP contribution in [0.1, 0.15) is 32.3 Å². The van der Waals surface area contributed by atoms with E-state index in [1.165, 1.54) is 31.5 Å². The molecule has 0 amide bonds. The molecule has 22 heavy (non-hydrogen) atoms. The van der Waals surface area contributed by atoms with Crippen molar-refractivity contribution >= 4 is 5.96 Å². The molecule has 1 aromatic carbocycles. The molecular weight excluding hydrogens is 272 g/mol. The largest absolute Gasteiger partial charge is 0.370 e. The highest BCUT2D eigenvalue weighted by Crippen LogP contribution is 2.17. The second-order valence-corrected chi connectivity index (χ2v) is 6.48. The predicted octanol–water partition coefficient (Wildman–Crippen LogP) is 2.25. The van der Waals surface area contributed by atoms with Gasteiger partial charge in [0, 0.05) is 19.1 Å². The molecule has 2 atom stereocenters. The SMILES string of the molecule is CC1CCCN(C(C)CN=C(N)NCCc2ccccc2)C1. The first-order chi connectivity index (χ1) is 10.6. The van der Waals surface area contributed by atoms with Gasteiger partial charge in [-0.3, -0.25) is 9.89 Å². The molecule has 1 heterocycles. The summed E-state index contributed by atoms with van der Waals surface area (Å²) in [6.07, 6.45) is 3.63. The first-order valence-electron chi connectivity index (χ1n) is 8.47. The number of hydrogen-bond donors (Lipinski definition) is 2. The maximum atomic E-state index is 5.96. The molecule has 0 aliphatic carbocycles. The Morgan fingerprint density at radius 2 is 2.18 bits per heavy atom. The molecule has 1 aliphatic heterocycles. The molecule has 1 aliphatic rings. The van der Waals surface area contributed by atoms with Gasteiger partial charge in [-0.15, -0.1) is 0 Å². The van der Waals surface area contributed by atoms with Gasteiger partial charge < -0.3 is 11.1 Å². The van der Waals surface area contributed by atoms with Crippen LogP contribution >= 0.6 is 0 Å². The van der Waals surface area contributed by atoms with Crippen LogP contribution in [0, 0.1) is 5.92 Å². The maximum Gasteiger partial charge on any atom is 0.188 e. The highest BCUT2D eigenvalue weighted by atomic mass is 15.2. The zero-order valence-electron chi connectivity index (χ0n) is 14.0. The highest BCUT2D eigenvalue weighted by Gasteiger charge is 2.20. The Balaban J connectivity index is 1.68. The van der Waals surface area contributed by atoms with Crippen molar-refractivity contribution in [3.05, 3.63) is 35.9 Å². The number of nitrogens with zero attached hydrogens (tertiary/aromatic N) is 2. The summed E-state index contributed by atoms with van der Waals surface area (Å²) in [6.45, 7) is 8.58. The van der Waals surface area contributed by atoms with E-state index in [0.717, 1.165) is 25.4 Å². The van der Waals surface area contributed by atoms with Crippen molar-refractivity contribution < 1.29 is 0 Å². The van der Waals surface area contributed by atoms with Crippen LogP contribution in [0.2, 0.25) is 0 Å². The third kappa shape index (κ3) is 5.68. The monoisotopic (exact) mass is 302 g/mol. The minimum Gasteiger partial charge on any atom is -0.370 e. The van der Waals surface area contributed by atoms with Crippen LogP contribution in [-0.4, -0.2) is 43.1 Å². The molecule has 0 aromatic heterocycles. The van der Waals surface area contributed by atoms with E-state index in [-0.39, 0.29) is 0 Å². The summed E-state index contributed by atoms with van der Waals surface area (Å²) < 4.78 is 0. The molecule has 4 nitrogen and oxygen atoms in total. The lowest BCUT2D eigenvalue weighted by molar-refractivity contribution is 0.142. The van der Waals surface area contributed by atoms with Gasteiger partial charge in [-0.1, -0.05) is 37.3 Å². The minimum atomic E-state index is 0.470. The number of rotatable bonds is 6. The number of nitrogens with one attached hydrogen (secondary N) is 1. The van der Waals surface area contributed by atoms with Crippen molar-refractivity contribution in [1.82, 2.24) is 10.2 Å². The Hall–Kier alpha value is -1.55. The van der Waals surface area contributed by atoms with Crippen molar-refractivity contribution in [3.63, 3.8) is 0 Å². The number of likely N-dealkylation sites (tertiary alicyclic amines) is 1. The van der Waals surface area contributed by atoms with Crippen LogP contribution in [0.5, 0.6) is 0 Å². The summed E-state index contributed by atoms with van der Waals surface area (Å²) in [6, 6.07) is 10.9. The van der Waals surface area contributed by atoms with Crippen molar-refractivity contribution in [1.29, 1.82) is 0 Å². The number of guanidine groups is 1. The smallest absolute Gasteiger partial charge is 0.188 e. The van der Waals surface area contributed by atoms with Crippen molar-refractivity contribution in [2.45, 2.75) is 39.2 Å². The van der Waals surface area contributed by atoms with E-state index in [4.69, 9.17) is 5.73 Å². The van der Waals surface area contributed by atoms with Gasteiger partial charge in [0.25, 0.3) is 0 Å². The normalized spacial score (nSPS) is 21.5. The van der Waals surface area contributed by atoms with E-state index in [1.807, 2.05) is 6.07 Å². The Morgan fingerprint density at radius 1 is 1.41 bits per heavy atom. The molecule has 0 bridgehead atoms. The van der Waals surface area contributed by atoms with Crippen LogP contribution in [-0.2, 0) is 6.42 Å². The minimum absolute atomic E-state index is 0.470. The van der Waals surface area contributed by atoms with E-state index >= 15 is 0 Å². The molecule has 1 saturated heterocycles. The number of benzene rings is 1. The Morgan fingerprint density at radius 3 is 2.91 bits per heavy atom. The fraction of sp³-hybridized carbons (Fsp3) is 0.611. The molecule has 1 fully saturated rings. The number of piperidine rings is 1. The molecule has 0 radical (unpaired) electrons. The van der Waals surface area contributed by atoms with Gasteiger partial charge in [0.05, 0.1) is 6.54 Å². The highest BCUT2D eigenvalue weighted by molar-refractivity contribution is 5.77. The second kappa shape index (κ2) is 8.79. The molecule has 3 N–H and O–H groups in total. The number of nitrogens with two attached hydrogens (primary N) is 1. The van der Waals surface area contributed by atoms with Gasteiger partial charge in [-0.05, 0) is 44.2 Å². The van der Waals surface area contributed by atoms with Crippen molar-refractivity contribution in [3.8, 4) is 0 Å². The van der Waals surface area contributed by atoms with Crippen LogP contribution in [0.3, 0.4) is 0 Å². The van der Waals surface area contributed by atoms with Gasteiger partial charge in [0.1, 0.15) is 0 Å². The molecular formula is C18H30N4. The predicted molar refractivity (Wildman–Crippen MR) is 94.1 cm³/mol. The van der Waals surface area contributed by atoms with Crippen LogP contribution in [0.25, 0.3) is 0 Å². The van der Waals surface area contributed by atoms with Gasteiger partial charge in [-0.25, -0.2) is 0 Å². The number of hydrogen-bond acceptors (Lipinski definition) is 2. The maximum absolute atomic E-state index is 5.96. The van der Waals surface area contributed by atoms with Crippen molar-refractivity contribution in [2.24, 2.45) is 16.6 Å². The Kier molecular flexibility index (Phi) is 6.72. The fourth-order valence-corrected chi connectivity index (χ4v) is 3.01. The van der Waals surface area contributed by atoms with E-state index in [0.29, 0.717) is 12.0 Å². The Bertz CT molecular complexity index is 457. The Labute approximate surface area is 134 Å². The van der Waals surface area contributed by atoms with Gasteiger partial charge >= 0.3 is 0 Å². The molecule has 4 heteroatoms. The van der Waals surface area contributed by atoms with Crippen LogP contribution in [0.4, 0.5) is 0 Å². The summed E-state index contributed by atoms with van der Waals surface area (Å²) in [5, 5.41) is 3.21. The summed E-state index contributed by atoms with van der Waals surface area (Å²) in [4.78, 5) is 7.03. The summed E-state index contributed by atoms with van der Waals surface area (Å²) >= 11 is 0. The van der Waals surface area contributed by atoms with Crippen LogP contribution in [0.15, 0.2) is 35.3 Å². The molecule has 0 saturated carbocycles. The third-order valence-corrected chi connectivity index (χ3v) is 4.40. The van der Waals surface area contributed by atoms with Gasteiger partial charge in [0.15, 0.2) is 5.96 Å². The first kappa shape index (κ1) is 16.8. The molecule has 122 valence electrons. The van der Waals surface area contributed by atoms with Gasteiger partial charge in [-0.2, -0.15) is 0 Å². The van der Waals surface area contributed by atoms with Crippen molar-refractivity contribution in [2.75, 3.05) is 26.2 Å². The van der Waals surface area contributed by atoms with E-state index < -0.39 is 0 Å². The van der Waals surface area contributed by atoms with E-state index in [2.05, 4.69) is 53.3 Å². The fourth-order valence-electron chi connectivity index (χ4n) is 3.01. The standard InChI is InChI=1S/C18H30N4/c1-15-7-6-12-22(14-15)16(2)13-21-18(19)20-11-10-17-8-4-3-5-9-17/h3-5,8-9,15-16H,6-7,10-14H2,1-2H3,(H3,19,20,21). The average molecular weight is 302 g/mol. The molecule has 2 unspecified atom stereocenters. The topological polar surface area (TPSA) is 53.6 Å². The molecule has 2 rings (SSSR count). The molecule has 1 aromatic rings. The third-order valence-electron chi connectivity index (χ3n) is 4.40. The van der Waals surface area contributed by atoms with Crippen LogP contribution < -0.4 is 11.1 Å². The lowest BCUT2D eigenvalue weighted by Crippen LogP contribution is -2.43. The summed E-state index contributed by atoms with van der Waals surface area (Å²) in [7, 11) is 0. The zero-order valence-corrected chi connectivity index (χ0v) is 14.0. The summed E-state index contributed by atoms with van der Waals surface area (Å²) in [5.41, 5.74) is 7.28. The molecule has 0 spiro atoms.